The van der Waals surface area contributed by atoms with Crippen LogP contribution in [0.4, 0.5) is 13.2 Å². The number of carbonyl (C=O) groups is 2. The molecule has 1 rings (SSSR count). The van der Waals surface area contributed by atoms with Crippen molar-refractivity contribution < 1.29 is 72.1 Å². The van der Waals surface area contributed by atoms with Crippen LogP contribution < -0.4 is 0 Å². The number of Topliss-reactive ketones (excluding diaryl/α,β-unsaturated/α-hetero) is 2. The Kier molecular flexibility index (Phi) is 6.24. The van der Waals surface area contributed by atoms with Gasteiger partial charge < -0.3 is 9.59 Å². The average Bonchev–Trinajstić information content (AvgIpc) is 2.53. The summed E-state index contributed by atoms with van der Waals surface area (Å²) in [6.45, 7) is 0. The van der Waals surface area contributed by atoms with Crippen LogP contribution in [-0.4, -0.2) is 17.7 Å². The van der Waals surface area contributed by atoms with Crippen LogP contribution in [0, 0.1) is 55.8 Å². The van der Waals surface area contributed by atoms with Gasteiger partial charge in [-0.05, 0) is 5.38 Å². The second-order valence-corrected chi connectivity index (χ2v) is 3.30. The van der Waals surface area contributed by atoms with E-state index in [1.165, 1.54) is 12.1 Å². The molecule has 0 fully saturated rings. The van der Waals surface area contributed by atoms with Gasteiger partial charge in [0.1, 0.15) is 0 Å². The van der Waals surface area contributed by atoms with Gasteiger partial charge in [-0.1, -0.05) is 10.9 Å². The fraction of sp³-hybridized carbons (Fsp3) is 0.125. The van der Waals surface area contributed by atoms with Gasteiger partial charge >= 0.3 is 6.18 Å². The van der Waals surface area contributed by atoms with Gasteiger partial charge in [-0.2, -0.15) is 13.2 Å². The van der Waals surface area contributed by atoms with Crippen molar-refractivity contribution in [2.45, 2.75) is 6.18 Å². The fourth-order valence-corrected chi connectivity index (χ4v) is 1.33. The molecule has 1 aromatic rings. The first kappa shape index (κ1) is 15.3. The third-order valence-electron chi connectivity index (χ3n) is 1.31. The summed E-state index contributed by atoms with van der Waals surface area (Å²) in [6.07, 6.45) is -4.92. The molecular formula is C8H4EuF3O2S-. The monoisotopic (exact) mass is 374 g/mol. The largest absolute Gasteiger partial charge is 0.436 e. The summed E-state index contributed by atoms with van der Waals surface area (Å²) in [5.41, 5.74) is 0. The van der Waals surface area contributed by atoms with Gasteiger partial charge in [-0.25, -0.2) is 11.3 Å². The summed E-state index contributed by atoms with van der Waals surface area (Å²) in [5, 5.41) is 1.54. The topological polar surface area (TPSA) is 34.1 Å². The van der Waals surface area contributed by atoms with Crippen LogP contribution in [0.1, 0.15) is 9.67 Å². The van der Waals surface area contributed by atoms with Gasteiger partial charge in [0.2, 0.25) is 0 Å². The minimum atomic E-state index is -4.98. The van der Waals surface area contributed by atoms with Crippen molar-refractivity contribution in [3.8, 4) is 0 Å². The second-order valence-electron chi connectivity index (χ2n) is 2.35. The summed E-state index contributed by atoms with van der Waals surface area (Å²) < 4.78 is 35.2. The van der Waals surface area contributed by atoms with E-state index in [0.29, 0.717) is 0 Å². The number of ketones is 2. The van der Waals surface area contributed by atoms with E-state index in [2.05, 4.69) is 0 Å². The zero-order valence-corrected chi connectivity index (χ0v) is 10.3. The number of hydrogen-bond donors (Lipinski definition) is 0. The maximum atomic E-state index is 11.7. The third-order valence-corrected chi connectivity index (χ3v) is 2.19. The van der Waals surface area contributed by atoms with Crippen molar-refractivity contribution in [2.24, 2.45) is 0 Å². The smallest absolute Gasteiger partial charge is 0.330 e. The van der Waals surface area contributed by atoms with Crippen molar-refractivity contribution in [1.82, 2.24) is 0 Å². The Morgan fingerprint density at radius 1 is 1.33 bits per heavy atom. The van der Waals surface area contributed by atoms with E-state index in [9.17, 15) is 22.8 Å². The predicted molar refractivity (Wildman–Crippen MR) is 44.0 cm³/mol. The van der Waals surface area contributed by atoms with Crippen molar-refractivity contribution in [1.29, 1.82) is 0 Å². The van der Waals surface area contributed by atoms with Gasteiger partial charge in [0.05, 0.1) is 0 Å². The van der Waals surface area contributed by atoms with Crippen LogP contribution in [0.3, 0.4) is 0 Å². The molecule has 0 saturated carbocycles. The van der Waals surface area contributed by atoms with Gasteiger partial charge in [0.15, 0.2) is 5.78 Å². The van der Waals surface area contributed by atoms with E-state index < -0.39 is 17.7 Å². The minimum Gasteiger partial charge on any atom is -0.330 e. The van der Waals surface area contributed by atoms with E-state index in [0.717, 1.165) is 11.3 Å². The van der Waals surface area contributed by atoms with E-state index in [1.54, 1.807) is 5.38 Å². The van der Waals surface area contributed by atoms with Crippen LogP contribution in [0.15, 0.2) is 17.5 Å². The van der Waals surface area contributed by atoms with Crippen LogP contribution >= 0.6 is 11.3 Å². The summed E-state index contributed by atoms with van der Waals surface area (Å²) in [4.78, 5) is 21.5. The Morgan fingerprint density at radius 3 is 2.33 bits per heavy atom. The molecule has 0 aromatic carbocycles. The van der Waals surface area contributed by atoms with Gasteiger partial charge in [-0.3, -0.25) is 0 Å². The second kappa shape index (κ2) is 6.13. The summed E-state index contributed by atoms with van der Waals surface area (Å²) in [6, 6.07) is 2.87. The summed E-state index contributed by atoms with van der Waals surface area (Å²) in [7, 11) is 0. The van der Waals surface area contributed by atoms with Crippen LogP contribution in [0.5, 0.6) is 0 Å². The molecule has 1 radical (unpaired) electrons. The van der Waals surface area contributed by atoms with Gasteiger partial charge in [-0.15, -0.1) is 12.5 Å². The summed E-state index contributed by atoms with van der Waals surface area (Å²) in [5.74, 6) is -3.04. The number of rotatable bonds is 3. The molecule has 0 spiro atoms. The molecule has 1 aromatic heterocycles. The Hall–Kier alpha value is 0.284. The molecule has 1 heterocycles. The van der Waals surface area contributed by atoms with E-state index in [-0.39, 0.29) is 60.7 Å². The molecule has 0 N–H and O–H groups in total. The van der Waals surface area contributed by atoms with Crippen LogP contribution in [-0.2, 0) is 4.79 Å². The third kappa shape index (κ3) is 4.76. The standard InChI is InChI=1S/C8H4F3O2S.Eu/c9-8(10,11)7(13)4-5(12)6-2-1-3-14-6;/h1-4H;/q-1;. The molecule has 0 saturated heterocycles. The zero-order valence-electron chi connectivity index (χ0n) is 7.05. The van der Waals surface area contributed by atoms with E-state index in [4.69, 9.17) is 0 Å². The van der Waals surface area contributed by atoms with E-state index in [1.807, 2.05) is 0 Å². The predicted octanol–water partition coefficient (Wildman–Crippen LogP) is 2.27. The first-order valence-corrected chi connectivity index (χ1v) is 4.33. The Labute approximate surface area is 128 Å². The molecule has 0 aliphatic carbocycles. The van der Waals surface area contributed by atoms with Crippen molar-refractivity contribution >= 4 is 22.9 Å². The van der Waals surface area contributed by atoms with E-state index >= 15 is 0 Å². The Morgan fingerprint density at radius 2 is 1.93 bits per heavy atom. The minimum absolute atomic E-state index is 0. The maximum absolute atomic E-state index is 11.7. The SMILES string of the molecule is O=C([CH-]C(=O)C(F)(F)F)c1cccs1.[Eu]. The number of halogens is 3. The van der Waals surface area contributed by atoms with Crippen molar-refractivity contribution in [2.75, 3.05) is 0 Å². The first-order chi connectivity index (χ1) is 6.41. The molecule has 0 unspecified atom stereocenters. The molecule has 0 atom stereocenters. The van der Waals surface area contributed by atoms with Crippen molar-refractivity contribution in [3.05, 3.63) is 28.8 Å². The molecule has 0 amide bonds. The molecule has 0 aliphatic heterocycles. The normalized spacial score (nSPS) is 10.3. The molecular weight excluding hydrogens is 369 g/mol. The Balaban J connectivity index is 0.00000196. The quantitative estimate of drug-likeness (QED) is 0.463. The molecule has 7 heteroatoms. The van der Waals surface area contributed by atoms with Crippen molar-refractivity contribution in [3.63, 3.8) is 0 Å². The van der Waals surface area contributed by atoms with Gasteiger partial charge in [0.25, 0.3) is 0 Å². The zero-order chi connectivity index (χ0) is 10.8. The molecule has 2 nitrogen and oxygen atoms in total. The molecule has 0 aliphatic rings. The molecule has 0 bridgehead atoms. The first-order valence-electron chi connectivity index (χ1n) is 3.45. The number of carbonyl (C=O) groups excluding carboxylic acids is 2. The summed E-state index contributed by atoms with van der Waals surface area (Å²) >= 11 is 0.983. The molecule has 83 valence electrons. The van der Waals surface area contributed by atoms with Gasteiger partial charge in [0, 0.05) is 55.2 Å². The maximum Gasteiger partial charge on any atom is 0.436 e. The van der Waals surface area contributed by atoms with Crippen LogP contribution in [0.25, 0.3) is 0 Å². The molecule has 15 heavy (non-hydrogen) atoms. The number of hydrogen-bond acceptors (Lipinski definition) is 3. The number of thiophene rings is 1. The Bertz CT molecular complexity index is 345. The fourth-order valence-electron chi connectivity index (χ4n) is 0.691. The number of alkyl halides is 3. The average molecular weight is 373 g/mol. The van der Waals surface area contributed by atoms with Crippen LogP contribution in [0.2, 0.25) is 0 Å².